The van der Waals surface area contributed by atoms with Crippen LogP contribution in [0.2, 0.25) is 0 Å². The van der Waals surface area contributed by atoms with Gasteiger partial charge in [-0.25, -0.2) is 0 Å². The molecule has 3 rings (SSSR count). The SMILES string of the molecule is CC(C)[C@H](N)C(=O)N(C)[C@@H]1CC[C@H]2CN(Cc3cccc(C(F)(F)F)c3)C[C@H]21. The molecule has 2 aliphatic rings. The summed E-state index contributed by atoms with van der Waals surface area (Å²) < 4.78 is 38.8. The van der Waals surface area contributed by atoms with Gasteiger partial charge in [0.05, 0.1) is 11.6 Å². The number of hydrogen-bond acceptors (Lipinski definition) is 3. The zero-order valence-electron chi connectivity index (χ0n) is 16.7. The molecule has 2 fully saturated rings. The van der Waals surface area contributed by atoms with E-state index in [-0.39, 0.29) is 17.9 Å². The summed E-state index contributed by atoms with van der Waals surface area (Å²) in [5.74, 6) is 0.922. The van der Waals surface area contributed by atoms with E-state index in [1.165, 1.54) is 12.1 Å². The summed E-state index contributed by atoms with van der Waals surface area (Å²) in [7, 11) is 1.84. The summed E-state index contributed by atoms with van der Waals surface area (Å²) in [6.45, 7) is 6.07. The number of benzene rings is 1. The van der Waals surface area contributed by atoms with Gasteiger partial charge in [0.2, 0.25) is 5.91 Å². The Kier molecular flexibility index (Phi) is 6.05. The average Bonchev–Trinajstić information content (AvgIpc) is 3.19. The number of amides is 1. The molecule has 0 unspecified atom stereocenters. The van der Waals surface area contributed by atoms with E-state index in [4.69, 9.17) is 5.73 Å². The molecule has 7 heteroatoms. The van der Waals surface area contributed by atoms with Gasteiger partial charge >= 0.3 is 6.18 Å². The summed E-state index contributed by atoms with van der Waals surface area (Å²) >= 11 is 0. The van der Waals surface area contributed by atoms with Crippen LogP contribution in [0.3, 0.4) is 0 Å². The van der Waals surface area contributed by atoms with Crippen molar-refractivity contribution in [1.29, 1.82) is 0 Å². The van der Waals surface area contributed by atoms with Gasteiger partial charge in [-0.1, -0.05) is 32.0 Å². The van der Waals surface area contributed by atoms with E-state index in [2.05, 4.69) is 4.90 Å². The minimum absolute atomic E-state index is 0.0167. The zero-order valence-corrected chi connectivity index (χ0v) is 16.7. The second-order valence-corrected chi connectivity index (χ2v) is 8.68. The Balaban J connectivity index is 1.64. The van der Waals surface area contributed by atoms with Crippen LogP contribution in [-0.2, 0) is 17.5 Å². The van der Waals surface area contributed by atoms with Crippen molar-refractivity contribution < 1.29 is 18.0 Å². The number of likely N-dealkylation sites (N-methyl/N-ethyl adjacent to an activating group) is 1. The largest absolute Gasteiger partial charge is 0.416 e. The summed E-state index contributed by atoms with van der Waals surface area (Å²) in [5.41, 5.74) is 6.13. The molecule has 4 nitrogen and oxygen atoms in total. The van der Waals surface area contributed by atoms with Crippen molar-refractivity contribution in [2.45, 2.75) is 51.5 Å². The molecule has 1 aromatic rings. The number of alkyl halides is 3. The van der Waals surface area contributed by atoms with Crippen molar-refractivity contribution in [1.82, 2.24) is 9.80 Å². The Hall–Kier alpha value is -1.60. The van der Waals surface area contributed by atoms with Gasteiger partial charge in [0.15, 0.2) is 0 Å². The van der Waals surface area contributed by atoms with Crippen molar-refractivity contribution >= 4 is 5.91 Å². The first-order valence-electron chi connectivity index (χ1n) is 9.98. The number of hydrogen-bond donors (Lipinski definition) is 1. The number of likely N-dealkylation sites (tertiary alicyclic amines) is 1. The second kappa shape index (κ2) is 8.03. The number of fused-ring (bicyclic) bond motifs is 1. The third-order valence-electron chi connectivity index (χ3n) is 6.40. The number of rotatable bonds is 5. The van der Waals surface area contributed by atoms with Crippen LogP contribution in [0.5, 0.6) is 0 Å². The fourth-order valence-electron chi connectivity index (χ4n) is 4.73. The van der Waals surface area contributed by atoms with Crippen LogP contribution in [0.1, 0.15) is 37.8 Å². The normalized spacial score (nSPS) is 26.5. The van der Waals surface area contributed by atoms with E-state index in [9.17, 15) is 18.0 Å². The van der Waals surface area contributed by atoms with Crippen molar-refractivity contribution in [2.24, 2.45) is 23.5 Å². The molecular formula is C21H30F3N3O. The fourth-order valence-corrected chi connectivity index (χ4v) is 4.73. The zero-order chi connectivity index (χ0) is 20.6. The monoisotopic (exact) mass is 397 g/mol. The molecule has 1 aromatic carbocycles. The quantitative estimate of drug-likeness (QED) is 0.829. The molecule has 0 spiro atoms. The molecule has 1 saturated heterocycles. The Morgan fingerprint density at radius 3 is 2.64 bits per heavy atom. The van der Waals surface area contributed by atoms with Gasteiger partial charge in [-0.05, 0) is 42.2 Å². The Morgan fingerprint density at radius 2 is 2.00 bits per heavy atom. The topological polar surface area (TPSA) is 49.6 Å². The summed E-state index contributed by atoms with van der Waals surface area (Å²) in [4.78, 5) is 16.7. The van der Waals surface area contributed by atoms with E-state index in [0.29, 0.717) is 23.9 Å². The van der Waals surface area contributed by atoms with Crippen LogP contribution < -0.4 is 5.73 Å². The van der Waals surface area contributed by atoms with Crippen LogP contribution in [0.15, 0.2) is 24.3 Å². The van der Waals surface area contributed by atoms with E-state index in [1.807, 2.05) is 25.8 Å². The molecule has 4 atom stereocenters. The van der Waals surface area contributed by atoms with E-state index >= 15 is 0 Å². The second-order valence-electron chi connectivity index (χ2n) is 8.68. The Bertz CT molecular complexity index is 706. The lowest BCUT2D eigenvalue weighted by Gasteiger charge is -2.32. The highest BCUT2D eigenvalue weighted by Crippen LogP contribution is 2.41. The third kappa shape index (κ3) is 4.35. The van der Waals surface area contributed by atoms with Crippen LogP contribution in [0.4, 0.5) is 13.2 Å². The maximum absolute atomic E-state index is 12.9. The molecule has 28 heavy (non-hydrogen) atoms. The molecule has 2 N–H and O–H groups in total. The molecule has 1 aliphatic heterocycles. The highest BCUT2D eigenvalue weighted by atomic mass is 19.4. The van der Waals surface area contributed by atoms with Gasteiger partial charge in [0.25, 0.3) is 0 Å². The molecular weight excluding hydrogens is 367 g/mol. The molecule has 1 aliphatic carbocycles. The summed E-state index contributed by atoms with van der Waals surface area (Å²) in [6.07, 6.45) is -2.30. The minimum atomic E-state index is -4.32. The minimum Gasteiger partial charge on any atom is -0.341 e. The van der Waals surface area contributed by atoms with Gasteiger partial charge in [-0.3, -0.25) is 9.69 Å². The molecule has 0 aromatic heterocycles. The van der Waals surface area contributed by atoms with Crippen molar-refractivity contribution in [3.63, 3.8) is 0 Å². The Morgan fingerprint density at radius 1 is 1.29 bits per heavy atom. The molecule has 1 heterocycles. The smallest absolute Gasteiger partial charge is 0.341 e. The van der Waals surface area contributed by atoms with Crippen LogP contribution in [0.25, 0.3) is 0 Å². The van der Waals surface area contributed by atoms with Gasteiger partial charge in [-0.2, -0.15) is 13.2 Å². The van der Waals surface area contributed by atoms with Gasteiger partial charge in [-0.15, -0.1) is 0 Å². The van der Waals surface area contributed by atoms with E-state index in [0.717, 1.165) is 32.0 Å². The van der Waals surface area contributed by atoms with E-state index in [1.54, 1.807) is 6.07 Å². The van der Waals surface area contributed by atoms with Gasteiger partial charge in [0, 0.05) is 32.7 Å². The molecule has 156 valence electrons. The highest BCUT2D eigenvalue weighted by molar-refractivity contribution is 5.82. The number of nitrogens with two attached hydrogens (primary N) is 1. The molecule has 1 amide bonds. The lowest BCUT2D eigenvalue weighted by molar-refractivity contribution is -0.137. The van der Waals surface area contributed by atoms with Crippen molar-refractivity contribution in [3.05, 3.63) is 35.4 Å². The summed E-state index contributed by atoms with van der Waals surface area (Å²) in [6, 6.07) is 5.23. The number of halogens is 3. The maximum Gasteiger partial charge on any atom is 0.416 e. The molecule has 1 saturated carbocycles. The predicted octanol–water partition coefficient (Wildman–Crippen LogP) is 3.36. The van der Waals surface area contributed by atoms with Crippen molar-refractivity contribution in [2.75, 3.05) is 20.1 Å². The third-order valence-corrected chi connectivity index (χ3v) is 6.40. The van der Waals surface area contributed by atoms with Crippen LogP contribution in [-0.4, -0.2) is 47.9 Å². The maximum atomic E-state index is 12.9. The average molecular weight is 397 g/mol. The number of carbonyl (C=O) groups excluding carboxylic acids is 1. The number of carbonyl (C=O) groups is 1. The van der Waals surface area contributed by atoms with Gasteiger partial charge < -0.3 is 10.6 Å². The lowest BCUT2D eigenvalue weighted by atomic mass is 9.95. The first-order chi connectivity index (χ1) is 13.1. The van der Waals surface area contributed by atoms with E-state index < -0.39 is 17.8 Å². The molecule has 0 bridgehead atoms. The highest BCUT2D eigenvalue weighted by Gasteiger charge is 2.45. The van der Waals surface area contributed by atoms with Crippen molar-refractivity contribution in [3.8, 4) is 0 Å². The first kappa shape index (κ1) is 21.1. The van der Waals surface area contributed by atoms with Crippen LogP contribution in [0, 0.1) is 17.8 Å². The van der Waals surface area contributed by atoms with Gasteiger partial charge in [0.1, 0.15) is 0 Å². The van der Waals surface area contributed by atoms with Crippen LogP contribution >= 0.6 is 0 Å². The predicted molar refractivity (Wildman–Crippen MR) is 102 cm³/mol. The first-order valence-corrected chi connectivity index (χ1v) is 9.98. The standard InChI is InChI=1S/C21H30F3N3O/c1-13(2)19(25)20(28)26(3)18-8-7-15-11-27(12-17(15)18)10-14-5-4-6-16(9-14)21(22,23)24/h4-6,9,13,15,17-19H,7-8,10-12,25H2,1-3H3/t15-,17+,18+,19-/m0/s1. The lowest BCUT2D eigenvalue weighted by Crippen LogP contribution is -2.50. The molecule has 0 radical (unpaired) electrons. The fraction of sp³-hybridized carbons (Fsp3) is 0.667. The number of nitrogens with zero attached hydrogens (tertiary/aromatic N) is 2. The summed E-state index contributed by atoms with van der Waals surface area (Å²) in [5, 5.41) is 0. The Labute approximate surface area is 164 Å².